The molecule has 4 N–H and O–H groups in total. The molecule has 0 radical (unpaired) electrons. The van der Waals surface area contributed by atoms with Crippen LogP contribution in [0.25, 0.3) is 0 Å². The number of carboxylic acid groups (broad SMARTS) is 1. The van der Waals surface area contributed by atoms with E-state index < -0.39 is 17.9 Å². The molecular weight excluding hydrogens is 240 g/mol. The molecule has 9 heteroatoms. The molecule has 0 saturated heterocycles. The molecule has 2 heterocycles. The molecule has 94 valence electrons. The van der Waals surface area contributed by atoms with E-state index in [4.69, 9.17) is 5.11 Å². The highest BCUT2D eigenvalue weighted by molar-refractivity contribution is 5.94. The number of aromatic nitrogens is 5. The quantitative estimate of drug-likeness (QED) is 0.534. The van der Waals surface area contributed by atoms with Gasteiger partial charge in [0.05, 0.1) is 12.5 Å². The Morgan fingerprint density at radius 2 is 2.28 bits per heavy atom. The largest absolute Gasteiger partial charge is 0.480 e. The summed E-state index contributed by atoms with van der Waals surface area (Å²) in [6, 6.07) is -1.06. The van der Waals surface area contributed by atoms with Crippen molar-refractivity contribution in [3.05, 3.63) is 30.1 Å². The van der Waals surface area contributed by atoms with Crippen molar-refractivity contribution in [1.29, 1.82) is 0 Å². The molecule has 0 saturated carbocycles. The number of aliphatic carboxylic acids is 1. The average Bonchev–Trinajstić information content (AvgIpc) is 3.00. The van der Waals surface area contributed by atoms with Gasteiger partial charge in [-0.1, -0.05) is 0 Å². The number of imidazole rings is 1. The fourth-order valence-electron chi connectivity index (χ4n) is 1.36. The van der Waals surface area contributed by atoms with Crippen LogP contribution in [0, 0.1) is 0 Å². The van der Waals surface area contributed by atoms with E-state index >= 15 is 0 Å². The Morgan fingerprint density at radius 1 is 1.44 bits per heavy atom. The molecule has 0 unspecified atom stereocenters. The van der Waals surface area contributed by atoms with Crippen LogP contribution in [-0.2, 0) is 11.2 Å². The van der Waals surface area contributed by atoms with Crippen molar-refractivity contribution in [2.45, 2.75) is 12.5 Å². The molecule has 0 aliphatic carbocycles. The number of carbonyl (C=O) groups excluding carboxylic acids is 1. The number of nitrogens with zero attached hydrogens (tertiary/aromatic N) is 3. The van der Waals surface area contributed by atoms with Gasteiger partial charge in [-0.2, -0.15) is 15.4 Å². The lowest BCUT2D eigenvalue weighted by Gasteiger charge is -2.12. The number of amides is 1. The lowest BCUT2D eigenvalue weighted by Crippen LogP contribution is -2.42. The third-order valence-electron chi connectivity index (χ3n) is 2.23. The zero-order chi connectivity index (χ0) is 13.0. The summed E-state index contributed by atoms with van der Waals surface area (Å²) in [6.07, 6.45) is 4.26. The molecule has 2 rings (SSSR count). The van der Waals surface area contributed by atoms with Crippen molar-refractivity contribution in [3.8, 4) is 0 Å². The van der Waals surface area contributed by atoms with Crippen LogP contribution >= 0.6 is 0 Å². The molecule has 2 aromatic rings. The van der Waals surface area contributed by atoms with Gasteiger partial charge in [0, 0.05) is 18.3 Å². The first kappa shape index (κ1) is 11.8. The number of hydrogen-bond donors (Lipinski definition) is 4. The predicted molar refractivity (Wildman–Crippen MR) is 57.6 cm³/mol. The molecule has 0 aromatic carbocycles. The first-order valence-corrected chi connectivity index (χ1v) is 5.03. The van der Waals surface area contributed by atoms with E-state index in [2.05, 4.69) is 30.7 Å². The third-order valence-corrected chi connectivity index (χ3v) is 2.23. The van der Waals surface area contributed by atoms with Gasteiger partial charge in [0.2, 0.25) is 0 Å². The Labute approximate surface area is 101 Å². The first-order valence-electron chi connectivity index (χ1n) is 5.03. The van der Waals surface area contributed by atoms with Gasteiger partial charge in [-0.3, -0.25) is 4.79 Å². The zero-order valence-electron chi connectivity index (χ0n) is 9.12. The summed E-state index contributed by atoms with van der Waals surface area (Å²) < 4.78 is 0. The van der Waals surface area contributed by atoms with E-state index in [0.717, 1.165) is 0 Å². The van der Waals surface area contributed by atoms with Gasteiger partial charge in [-0.15, -0.1) is 0 Å². The van der Waals surface area contributed by atoms with Crippen LogP contribution in [0.4, 0.5) is 0 Å². The lowest BCUT2D eigenvalue weighted by atomic mass is 10.1. The number of hydrogen-bond acceptors (Lipinski definition) is 5. The predicted octanol–water partition coefficient (Wildman–Crippen LogP) is -1.05. The van der Waals surface area contributed by atoms with Crippen molar-refractivity contribution >= 4 is 11.9 Å². The Hall–Kier alpha value is -2.71. The molecular formula is C9H10N6O3. The van der Waals surface area contributed by atoms with Crippen molar-refractivity contribution in [2.24, 2.45) is 0 Å². The second-order valence-electron chi connectivity index (χ2n) is 3.50. The molecule has 1 amide bonds. The number of aromatic amines is 2. The lowest BCUT2D eigenvalue weighted by molar-refractivity contribution is -0.139. The van der Waals surface area contributed by atoms with Crippen LogP contribution < -0.4 is 5.32 Å². The average molecular weight is 250 g/mol. The molecule has 0 bridgehead atoms. The Kier molecular flexibility index (Phi) is 3.32. The van der Waals surface area contributed by atoms with E-state index in [9.17, 15) is 9.59 Å². The minimum Gasteiger partial charge on any atom is -0.480 e. The van der Waals surface area contributed by atoms with E-state index in [1.54, 1.807) is 0 Å². The minimum absolute atomic E-state index is 0.0332. The normalized spacial score (nSPS) is 12.0. The van der Waals surface area contributed by atoms with Crippen LogP contribution in [0.2, 0.25) is 0 Å². The van der Waals surface area contributed by atoms with Crippen LogP contribution in [0.1, 0.15) is 16.2 Å². The van der Waals surface area contributed by atoms with Crippen LogP contribution in [-0.4, -0.2) is 48.4 Å². The van der Waals surface area contributed by atoms with E-state index in [0.29, 0.717) is 5.69 Å². The number of H-pyrrole nitrogens is 2. The summed E-state index contributed by atoms with van der Waals surface area (Å²) in [7, 11) is 0. The van der Waals surface area contributed by atoms with Crippen LogP contribution in [0.3, 0.4) is 0 Å². The maximum Gasteiger partial charge on any atom is 0.326 e. The Morgan fingerprint density at radius 3 is 2.83 bits per heavy atom. The fraction of sp³-hybridized carbons (Fsp3) is 0.222. The molecule has 0 aliphatic heterocycles. The summed E-state index contributed by atoms with van der Waals surface area (Å²) in [4.78, 5) is 29.2. The summed E-state index contributed by atoms with van der Waals surface area (Å²) in [5.41, 5.74) is 0.647. The number of nitrogens with one attached hydrogen (secondary N) is 3. The van der Waals surface area contributed by atoms with Crippen LogP contribution in [0.5, 0.6) is 0 Å². The van der Waals surface area contributed by atoms with Gasteiger partial charge in [0.15, 0.2) is 5.69 Å². The molecule has 18 heavy (non-hydrogen) atoms. The second kappa shape index (κ2) is 5.08. The fourth-order valence-corrected chi connectivity index (χ4v) is 1.36. The summed E-state index contributed by atoms with van der Waals surface area (Å²) in [6.45, 7) is 0. The maximum atomic E-state index is 11.6. The Bertz CT molecular complexity index is 521. The van der Waals surface area contributed by atoms with E-state index in [-0.39, 0.29) is 12.1 Å². The van der Waals surface area contributed by atoms with Crippen molar-refractivity contribution < 1.29 is 14.7 Å². The Balaban J connectivity index is 2.03. The van der Waals surface area contributed by atoms with Gasteiger partial charge in [-0.05, 0) is 0 Å². The second-order valence-corrected chi connectivity index (χ2v) is 3.50. The standard InChI is InChI=1S/C9H10N6O3/c16-8(7-3-12-15-14-7)13-6(9(17)18)1-5-2-10-4-11-5/h2-4,6H,1H2,(H,10,11)(H,13,16)(H,17,18)(H,12,14,15)/t6-/m0/s1. The highest BCUT2D eigenvalue weighted by atomic mass is 16.4. The van der Waals surface area contributed by atoms with Gasteiger partial charge in [0.25, 0.3) is 5.91 Å². The highest BCUT2D eigenvalue weighted by Gasteiger charge is 2.22. The van der Waals surface area contributed by atoms with Gasteiger partial charge < -0.3 is 15.4 Å². The summed E-state index contributed by atoms with van der Waals surface area (Å²) >= 11 is 0. The molecule has 0 spiro atoms. The van der Waals surface area contributed by atoms with Crippen LogP contribution in [0.15, 0.2) is 18.7 Å². The number of carboxylic acids is 1. The van der Waals surface area contributed by atoms with Gasteiger partial charge in [0.1, 0.15) is 6.04 Å². The van der Waals surface area contributed by atoms with Gasteiger partial charge >= 0.3 is 5.97 Å². The highest BCUT2D eigenvalue weighted by Crippen LogP contribution is 2.00. The van der Waals surface area contributed by atoms with Crippen molar-refractivity contribution in [2.75, 3.05) is 0 Å². The summed E-state index contributed by atoms with van der Waals surface area (Å²) in [5.74, 6) is -1.74. The minimum atomic E-state index is -1.14. The van der Waals surface area contributed by atoms with Crippen molar-refractivity contribution in [1.82, 2.24) is 30.7 Å². The number of rotatable bonds is 5. The monoisotopic (exact) mass is 250 g/mol. The smallest absolute Gasteiger partial charge is 0.326 e. The van der Waals surface area contributed by atoms with E-state index in [1.807, 2.05) is 0 Å². The molecule has 9 nitrogen and oxygen atoms in total. The maximum absolute atomic E-state index is 11.6. The van der Waals surface area contributed by atoms with Gasteiger partial charge in [-0.25, -0.2) is 9.78 Å². The first-order chi connectivity index (χ1) is 8.66. The summed E-state index contributed by atoms with van der Waals surface area (Å²) in [5, 5.41) is 20.7. The van der Waals surface area contributed by atoms with Crippen molar-refractivity contribution in [3.63, 3.8) is 0 Å². The SMILES string of the molecule is O=C(N[C@@H](Cc1cnc[nH]1)C(=O)O)c1cn[nH]n1. The number of carbonyl (C=O) groups is 2. The molecule has 2 aromatic heterocycles. The molecule has 1 atom stereocenters. The zero-order valence-corrected chi connectivity index (χ0v) is 9.12. The van der Waals surface area contributed by atoms with E-state index in [1.165, 1.54) is 18.7 Å². The third kappa shape index (κ3) is 2.70. The topological polar surface area (TPSA) is 137 Å². The molecule has 0 fully saturated rings. The molecule has 0 aliphatic rings.